The van der Waals surface area contributed by atoms with Gasteiger partial charge in [-0.15, -0.1) is 0 Å². The van der Waals surface area contributed by atoms with Gasteiger partial charge >= 0.3 is 0 Å². The molecule has 0 aliphatic rings. The smallest absolute Gasteiger partial charge is 0.273 e. The van der Waals surface area contributed by atoms with Crippen molar-refractivity contribution < 1.29 is 9.90 Å². The predicted octanol–water partition coefficient (Wildman–Crippen LogP) is 3.86. The molecule has 4 N–H and O–H groups in total. The zero-order valence-corrected chi connectivity index (χ0v) is 16.0. The molecule has 8 heteroatoms. The summed E-state index contributed by atoms with van der Waals surface area (Å²) in [5.74, 6) is -0.664. The highest BCUT2D eigenvalue weighted by atomic mass is 79.9. The number of rotatable bonds is 2. The molecular weight excluding hydrogens is 446 g/mol. The predicted molar refractivity (Wildman–Crippen MR) is 102 cm³/mol. The quantitative estimate of drug-likeness (QED) is 0.406. The van der Waals surface area contributed by atoms with Crippen molar-refractivity contribution in [1.82, 2.24) is 10.9 Å². The van der Waals surface area contributed by atoms with Crippen LogP contribution in [0.1, 0.15) is 15.9 Å². The number of phenolic OH excluding ortho intramolecular Hbond substituents is 1. The van der Waals surface area contributed by atoms with E-state index in [-0.39, 0.29) is 16.4 Å². The van der Waals surface area contributed by atoms with Crippen LogP contribution in [0.2, 0.25) is 0 Å². The molecule has 0 bridgehead atoms. The number of aromatic hydroxyl groups is 1. The Hall–Kier alpha value is -1.64. The van der Waals surface area contributed by atoms with Crippen LogP contribution in [0.5, 0.6) is 5.75 Å². The molecule has 0 radical (unpaired) electrons. The average molecular weight is 459 g/mol. The lowest BCUT2D eigenvalue weighted by Crippen LogP contribution is -2.43. The molecule has 0 atom stereocenters. The Morgan fingerprint density at radius 1 is 1.13 bits per heavy atom. The van der Waals surface area contributed by atoms with Gasteiger partial charge in [0.2, 0.25) is 0 Å². The van der Waals surface area contributed by atoms with E-state index in [0.29, 0.717) is 8.95 Å². The lowest BCUT2D eigenvalue weighted by Gasteiger charge is -2.13. The van der Waals surface area contributed by atoms with Crippen molar-refractivity contribution in [2.45, 2.75) is 6.92 Å². The van der Waals surface area contributed by atoms with E-state index >= 15 is 0 Å². The molecular formula is C15H13Br2N3O2S. The number of anilines is 1. The molecule has 0 saturated carbocycles. The van der Waals surface area contributed by atoms with Gasteiger partial charge in [0.1, 0.15) is 5.75 Å². The van der Waals surface area contributed by atoms with E-state index in [0.717, 1.165) is 11.3 Å². The number of hydrogen-bond donors (Lipinski definition) is 4. The normalized spacial score (nSPS) is 10.0. The van der Waals surface area contributed by atoms with E-state index < -0.39 is 5.91 Å². The summed E-state index contributed by atoms with van der Waals surface area (Å²) in [6.45, 7) is 1.99. The number of carbonyl (C=O) groups excluding carboxylic acids is 1. The summed E-state index contributed by atoms with van der Waals surface area (Å²) in [5.41, 5.74) is 7.07. The van der Waals surface area contributed by atoms with Crippen molar-refractivity contribution in [3.05, 3.63) is 56.5 Å². The number of benzene rings is 2. The van der Waals surface area contributed by atoms with Gasteiger partial charge in [0.25, 0.3) is 5.91 Å². The van der Waals surface area contributed by atoms with Gasteiger partial charge in [-0.25, -0.2) is 0 Å². The van der Waals surface area contributed by atoms with Gasteiger partial charge in [0, 0.05) is 10.2 Å². The zero-order valence-electron chi connectivity index (χ0n) is 12.0. The van der Waals surface area contributed by atoms with E-state index in [1.54, 1.807) is 6.07 Å². The molecule has 2 rings (SSSR count). The summed E-state index contributed by atoms with van der Waals surface area (Å²) in [7, 11) is 0. The summed E-state index contributed by atoms with van der Waals surface area (Å²) in [6.07, 6.45) is 0. The first-order chi connectivity index (χ1) is 10.9. The first-order valence-electron chi connectivity index (χ1n) is 6.49. The molecule has 23 heavy (non-hydrogen) atoms. The first kappa shape index (κ1) is 17.7. The average Bonchev–Trinajstić information content (AvgIpc) is 2.50. The van der Waals surface area contributed by atoms with Crippen LogP contribution in [0.15, 0.2) is 45.3 Å². The molecule has 0 aliphatic heterocycles. The number of phenols is 1. The molecule has 0 fully saturated rings. The molecule has 1 amide bonds. The summed E-state index contributed by atoms with van der Waals surface area (Å²) in [5, 5.41) is 13.1. The van der Waals surface area contributed by atoms with Gasteiger partial charge in [0.05, 0.1) is 10.0 Å². The number of aryl methyl sites for hydroxylation is 1. The maximum Gasteiger partial charge on any atom is 0.273 e. The van der Waals surface area contributed by atoms with Gasteiger partial charge in [-0.1, -0.05) is 33.6 Å². The van der Waals surface area contributed by atoms with Gasteiger partial charge in [0.15, 0.2) is 5.11 Å². The van der Waals surface area contributed by atoms with Crippen LogP contribution < -0.4 is 16.2 Å². The Morgan fingerprint density at radius 3 is 2.43 bits per heavy atom. The second-order valence-corrected chi connectivity index (χ2v) is 6.86. The van der Waals surface area contributed by atoms with Crippen LogP contribution >= 0.6 is 44.1 Å². The molecule has 5 nitrogen and oxygen atoms in total. The van der Waals surface area contributed by atoms with E-state index in [1.165, 1.54) is 6.07 Å². The highest BCUT2D eigenvalue weighted by molar-refractivity contribution is 9.11. The van der Waals surface area contributed by atoms with Crippen molar-refractivity contribution in [1.29, 1.82) is 0 Å². The molecule has 0 heterocycles. The van der Waals surface area contributed by atoms with Gasteiger partial charge in [-0.3, -0.25) is 15.6 Å². The summed E-state index contributed by atoms with van der Waals surface area (Å²) in [4.78, 5) is 12.1. The summed E-state index contributed by atoms with van der Waals surface area (Å²) in [6, 6.07) is 10.8. The molecule has 0 spiro atoms. The number of amides is 1. The third-order valence-electron chi connectivity index (χ3n) is 2.87. The first-order valence-corrected chi connectivity index (χ1v) is 8.48. The molecule has 0 aromatic heterocycles. The van der Waals surface area contributed by atoms with Crippen molar-refractivity contribution in [2.24, 2.45) is 0 Å². The molecule has 0 saturated heterocycles. The van der Waals surface area contributed by atoms with Gasteiger partial charge in [-0.2, -0.15) is 0 Å². The Bertz CT molecular complexity index is 751. The van der Waals surface area contributed by atoms with Gasteiger partial charge in [-0.05, 0) is 59.3 Å². The highest BCUT2D eigenvalue weighted by Gasteiger charge is 2.15. The van der Waals surface area contributed by atoms with Crippen LogP contribution in [0.4, 0.5) is 5.69 Å². The standard InChI is InChI=1S/C15H13Br2N3O2S/c1-8-2-4-10(5-3-8)18-15(23)20-19-14(22)11-6-9(16)7-12(17)13(11)21/h2-7,21H,1H3,(H,19,22)(H2,18,20,23). The van der Waals surface area contributed by atoms with E-state index in [2.05, 4.69) is 48.0 Å². The number of halogens is 2. The van der Waals surface area contributed by atoms with Crippen molar-refractivity contribution >= 4 is 60.8 Å². The number of hydrazine groups is 1. The third kappa shape index (κ3) is 4.92. The fourth-order valence-corrected chi connectivity index (χ4v) is 3.11. The molecule has 2 aromatic rings. The number of carbonyl (C=O) groups is 1. The minimum Gasteiger partial charge on any atom is -0.506 e. The second kappa shape index (κ2) is 7.76. The fourth-order valence-electron chi connectivity index (χ4n) is 1.72. The fraction of sp³-hybridized carbons (Fsp3) is 0.0667. The molecule has 120 valence electrons. The number of nitrogens with one attached hydrogen (secondary N) is 3. The Kier molecular flexibility index (Phi) is 5.97. The SMILES string of the molecule is Cc1ccc(NC(=S)NNC(=O)c2cc(Br)cc(Br)c2O)cc1. The van der Waals surface area contributed by atoms with Crippen LogP contribution in [-0.2, 0) is 0 Å². The summed E-state index contributed by atoms with van der Waals surface area (Å²) < 4.78 is 1.07. The van der Waals surface area contributed by atoms with Crippen LogP contribution in [0, 0.1) is 6.92 Å². The van der Waals surface area contributed by atoms with Crippen LogP contribution in [0.25, 0.3) is 0 Å². The maximum absolute atomic E-state index is 12.1. The number of hydrogen-bond acceptors (Lipinski definition) is 3. The Labute approximate surface area is 155 Å². The van der Waals surface area contributed by atoms with Crippen LogP contribution in [-0.4, -0.2) is 16.1 Å². The minimum atomic E-state index is -0.516. The van der Waals surface area contributed by atoms with Gasteiger partial charge < -0.3 is 10.4 Å². The van der Waals surface area contributed by atoms with Crippen molar-refractivity contribution in [3.8, 4) is 5.75 Å². The third-order valence-corrected chi connectivity index (χ3v) is 4.14. The zero-order chi connectivity index (χ0) is 17.0. The maximum atomic E-state index is 12.1. The van der Waals surface area contributed by atoms with Crippen molar-refractivity contribution in [3.63, 3.8) is 0 Å². The summed E-state index contributed by atoms with van der Waals surface area (Å²) >= 11 is 11.5. The minimum absolute atomic E-state index is 0.108. The lowest BCUT2D eigenvalue weighted by atomic mass is 10.2. The second-order valence-electron chi connectivity index (χ2n) is 4.68. The highest BCUT2D eigenvalue weighted by Crippen LogP contribution is 2.31. The van der Waals surface area contributed by atoms with Crippen LogP contribution in [0.3, 0.4) is 0 Å². The number of thiocarbonyl (C=S) groups is 1. The van der Waals surface area contributed by atoms with Crippen molar-refractivity contribution in [2.75, 3.05) is 5.32 Å². The molecule has 0 aliphatic carbocycles. The topological polar surface area (TPSA) is 73.4 Å². The lowest BCUT2D eigenvalue weighted by molar-refractivity contribution is 0.0941. The Balaban J connectivity index is 1.96. The Morgan fingerprint density at radius 2 is 1.78 bits per heavy atom. The van der Waals surface area contributed by atoms with E-state index in [1.807, 2.05) is 31.2 Å². The molecule has 0 unspecified atom stereocenters. The largest absolute Gasteiger partial charge is 0.506 e. The van der Waals surface area contributed by atoms with E-state index in [4.69, 9.17) is 12.2 Å². The monoisotopic (exact) mass is 457 g/mol. The molecule has 2 aromatic carbocycles. The van der Waals surface area contributed by atoms with E-state index in [9.17, 15) is 9.90 Å².